The maximum Gasteiger partial charge on any atom is 0.315 e. The van der Waals surface area contributed by atoms with Gasteiger partial charge >= 0.3 is 6.03 Å². The molecule has 0 bridgehead atoms. The fraction of sp³-hybridized carbons (Fsp3) is 0.625. The highest BCUT2D eigenvalue weighted by molar-refractivity contribution is 5.74. The highest BCUT2D eigenvalue weighted by Gasteiger charge is 2.49. The van der Waals surface area contributed by atoms with E-state index in [9.17, 15) is 4.79 Å². The number of rotatable bonds is 5. The molecule has 3 heteroatoms. The summed E-state index contributed by atoms with van der Waals surface area (Å²) in [4.78, 5) is 12.5. The van der Waals surface area contributed by atoms with E-state index in [1.165, 1.54) is 24.8 Å². The molecule has 0 unspecified atom stereocenters. The predicted molar refractivity (Wildman–Crippen MR) is 113 cm³/mol. The molecule has 2 aliphatic rings. The molecule has 2 amide bonds. The van der Waals surface area contributed by atoms with E-state index in [0.717, 1.165) is 19.3 Å². The van der Waals surface area contributed by atoms with Gasteiger partial charge in [-0.05, 0) is 68.3 Å². The van der Waals surface area contributed by atoms with Crippen LogP contribution >= 0.6 is 0 Å². The zero-order chi connectivity index (χ0) is 19.5. The summed E-state index contributed by atoms with van der Waals surface area (Å²) in [6.07, 6.45) is 9.28. The maximum absolute atomic E-state index is 12.5. The Morgan fingerprint density at radius 2 is 1.96 bits per heavy atom. The molecular weight excluding hydrogens is 332 g/mol. The Morgan fingerprint density at radius 1 is 1.22 bits per heavy atom. The van der Waals surface area contributed by atoms with E-state index < -0.39 is 0 Å². The molecule has 0 aliphatic heterocycles. The van der Waals surface area contributed by atoms with Crippen LogP contribution in [0.3, 0.4) is 0 Å². The molecular formula is C24H36N2O. The summed E-state index contributed by atoms with van der Waals surface area (Å²) in [5.41, 5.74) is 3.03. The average molecular weight is 369 g/mol. The molecule has 148 valence electrons. The summed E-state index contributed by atoms with van der Waals surface area (Å²) in [5, 5.41) is 6.35. The first kappa shape index (κ1) is 20.0. The van der Waals surface area contributed by atoms with E-state index in [2.05, 4.69) is 56.5 Å². The second kappa shape index (κ2) is 8.08. The number of hydrogen-bond donors (Lipinski definition) is 2. The molecule has 1 spiro atoms. The molecule has 3 nitrogen and oxygen atoms in total. The highest BCUT2D eigenvalue weighted by Crippen LogP contribution is 2.54. The topological polar surface area (TPSA) is 41.1 Å². The molecule has 2 N–H and O–H groups in total. The van der Waals surface area contributed by atoms with Crippen molar-refractivity contribution in [2.45, 2.75) is 71.8 Å². The third-order valence-corrected chi connectivity index (χ3v) is 6.88. The molecule has 2 aliphatic carbocycles. The van der Waals surface area contributed by atoms with Gasteiger partial charge in [-0.3, -0.25) is 0 Å². The van der Waals surface area contributed by atoms with Crippen molar-refractivity contribution in [2.75, 3.05) is 6.54 Å². The lowest BCUT2D eigenvalue weighted by Gasteiger charge is -2.40. The molecule has 0 saturated heterocycles. The maximum atomic E-state index is 12.5. The SMILES string of the molecule is CC(C)C1=C[C@@]2(CC[C@@](C)(NC(=O)NCCc3ccccc3)C2)[C@@H](C)CC1. The standard InChI is InChI=1S/C24H36N2O/c1-18(2)21-11-10-19(3)24(16-21)14-13-23(4,17-24)26-22(27)25-15-12-20-8-6-5-7-9-20/h5-9,16,18-19H,10-15,17H2,1-4H3,(H2,25,26,27)/t19-,23+,24+/m0/s1. The Bertz CT molecular complexity index is 681. The third kappa shape index (κ3) is 4.75. The minimum Gasteiger partial charge on any atom is -0.338 e. The van der Waals surface area contributed by atoms with Gasteiger partial charge in [0, 0.05) is 12.1 Å². The van der Waals surface area contributed by atoms with Gasteiger partial charge in [-0.25, -0.2) is 4.79 Å². The van der Waals surface area contributed by atoms with Gasteiger partial charge in [-0.1, -0.05) is 62.8 Å². The number of benzene rings is 1. The summed E-state index contributed by atoms with van der Waals surface area (Å²) in [7, 11) is 0. The number of nitrogens with one attached hydrogen (secondary N) is 2. The molecule has 3 rings (SSSR count). The second-order valence-electron chi connectivity index (χ2n) is 9.40. The summed E-state index contributed by atoms with van der Waals surface area (Å²) in [5.74, 6) is 1.33. The second-order valence-corrected chi connectivity index (χ2v) is 9.40. The van der Waals surface area contributed by atoms with Gasteiger partial charge in [0.1, 0.15) is 0 Å². The summed E-state index contributed by atoms with van der Waals surface area (Å²) in [6.45, 7) is 9.91. The van der Waals surface area contributed by atoms with Crippen molar-refractivity contribution in [3.05, 3.63) is 47.5 Å². The monoisotopic (exact) mass is 368 g/mol. The van der Waals surface area contributed by atoms with Crippen molar-refractivity contribution in [3.63, 3.8) is 0 Å². The molecule has 27 heavy (non-hydrogen) atoms. The highest BCUT2D eigenvalue weighted by atomic mass is 16.2. The van der Waals surface area contributed by atoms with Crippen molar-refractivity contribution < 1.29 is 4.79 Å². The molecule has 3 atom stereocenters. The Balaban J connectivity index is 1.56. The molecule has 0 aromatic heterocycles. The van der Waals surface area contributed by atoms with Crippen LogP contribution in [0.2, 0.25) is 0 Å². The van der Waals surface area contributed by atoms with Gasteiger partial charge in [-0.2, -0.15) is 0 Å². The van der Waals surface area contributed by atoms with Crippen LogP contribution < -0.4 is 10.6 Å². The molecule has 1 fully saturated rings. The fourth-order valence-corrected chi connectivity index (χ4v) is 5.06. The average Bonchev–Trinajstić information content (AvgIpc) is 2.95. The Morgan fingerprint density at radius 3 is 2.67 bits per heavy atom. The van der Waals surface area contributed by atoms with E-state index in [1.807, 2.05) is 18.2 Å². The number of carbonyl (C=O) groups excluding carboxylic acids is 1. The van der Waals surface area contributed by atoms with Gasteiger partial charge < -0.3 is 10.6 Å². The molecule has 0 radical (unpaired) electrons. The zero-order valence-corrected chi connectivity index (χ0v) is 17.5. The number of allylic oxidation sites excluding steroid dienone is 2. The van der Waals surface area contributed by atoms with E-state index in [0.29, 0.717) is 18.4 Å². The van der Waals surface area contributed by atoms with Crippen molar-refractivity contribution in [1.29, 1.82) is 0 Å². The number of amides is 2. The minimum atomic E-state index is -0.110. The summed E-state index contributed by atoms with van der Waals surface area (Å²) >= 11 is 0. The lowest BCUT2D eigenvalue weighted by molar-refractivity contribution is 0.195. The summed E-state index contributed by atoms with van der Waals surface area (Å²) in [6, 6.07) is 10.3. The molecule has 1 aromatic rings. The van der Waals surface area contributed by atoms with Crippen molar-refractivity contribution in [2.24, 2.45) is 17.3 Å². The van der Waals surface area contributed by atoms with Crippen LogP contribution in [0.1, 0.15) is 65.4 Å². The number of hydrogen-bond acceptors (Lipinski definition) is 1. The molecule has 1 aromatic carbocycles. The van der Waals surface area contributed by atoms with Gasteiger partial charge in [0.05, 0.1) is 0 Å². The van der Waals surface area contributed by atoms with Crippen LogP contribution in [0.4, 0.5) is 4.79 Å². The van der Waals surface area contributed by atoms with Crippen LogP contribution in [0.5, 0.6) is 0 Å². The number of urea groups is 1. The van der Waals surface area contributed by atoms with Crippen LogP contribution in [-0.2, 0) is 6.42 Å². The number of carbonyl (C=O) groups is 1. The predicted octanol–water partition coefficient (Wildman–Crippen LogP) is 5.47. The van der Waals surface area contributed by atoms with Gasteiger partial charge in [0.25, 0.3) is 0 Å². The first-order valence-corrected chi connectivity index (χ1v) is 10.6. The third-order valence-electron chi connectivity index (χ3n) is 6.88. The van der Waals surface area contributed by atoms with Gasteiger partial charge in [0.15, 0.2) is 0 Å². The largest absolute Gasteiger partial charge is 0.338 e. The minimum absolute atomic E-state index is 0.0259. The summed E-state index contributed by atoms with van der Waals surface area (Å²) < 4.78 is 0. The smallest absolute Gasteiger partial charge is 0.315 e. The first-order valence-electron chi connectivity index (χ1n) is 10.6. The zero-order valence-electron chi connectivity index (χ0n) is 17.5. The lowest BCUT2D eigenvalue weighted by Crippen LogP contribution is -2.50. The van der Waals surface area contributed by atoms with E-state index in [-0.39, 0.29) is 17.0 Å². The van der Waals surface area contributed by atoms with Gasteiger partial charge in [0.2, 0.25) is 0 Å². The fourth-order valence-electron chi connectivity index (χ4n) is 5.06. The normalized spacial score (nSPS) is 30.4. The Kier molecular flexibility index (Phi) is 5.98. The molecule has 1 saturated carbocycles. The lowest BCUT2D eigenvalue weighted by atomic mass is 9.66. The van der Waals surface area contributed by atoms with Crippen molar-refractivity contribution in [3.8, 4) is 0 Å². The quantitative estimate of drug-likeness (QED) is 0.665. The van der Waals surface area contributed by atoms with Crippen LogP contribution in [-0.4, -0.2) is 18.1 Å². The van der Waals surface area contributed by atoms with Crippen molar-refractivity contribution in [1.82, 2.24) is 10.6 Å². The van der Waals surface area contributed by atoms with Gasteiger partial charge in [-0.15, -0.1) is 0 Å². The van der Waals surface area contributed by atoms with Crippen molar-refractivity contribution >= 4 is 6.03 Å². The van der Waals surface area contributed by atoms with E-state index in [4.69, 9.17) is 0 Å². The van der Waals surface area contributed by atoms with Crippen LogP contribution in [0.25, 0.3) is 0 Å². The van der Waals surface area contributed by atoms with Crippen LogP contribution in [0, 0.1) is 17.3 Å². The van der Waals surface area contributed by atoms with E-state index in [1.54, 1.807) is 5.57 Å². The first-order chi connectivity index (χ1) is 12.8. The van der Waals surface area contributed by atoms with Crippen LogP contribution in [0.15, 0.2) is 42.0 Å². The Labute approximate surface area is 165 Å². The Hall–Kier alpha value is -1.77. The molecule has 0 heterocycles. The van der Waals surface area contributed by atoms with E-state index >= 15 is 0 Å².